The number of hydrogen-bond donors (Lipinski definition) is 0. The summed E-state index contributed by atoms with van der Waals surface area (Å²) in [5, 5.41) is 0. The summed E-state index contributed by atoms with van der Waals surface area (Å²) in [7, 11) is 0. The van der Waals surface area contributed by atoms with Crippen LogP contribution < -0.4 is 0 Å². The fraction of sp³-hybridized carbons (Fsp3) is 0.600. The van der Waals surface area contributed by atoms with Crippen molar-refractivity contribution in [1.29, 1.82) is 0 Å². The van der Waals surface area contributed by atoms with Gasteiger partial charge in [-0.1, -0.05) is 67.4 Å². The summed E-state index contributed by atoms with van der Waals surface area (Å²) in [6.07, 6.45) is 4.98. The van der Waals surface area contributed by atoms with Crippen molar-refractivity contribution in [3.8, 4) is 0 Å². The van der Waals surface area contributed by atoms with Gasteiger partial charge in [-0.05, 0) is 36.3 Å². The Balaban J connectivity index is 2.43. The minimum atomic E-state index is 0.637. The highest BCUT2D eigenvalue weighted by atomic mass is 79.9. The summed E-state index contributed by atoms with van der Waals surface area (Å²) < 4.78 is 0. The van der Waals surface area contributed by atoms with Gasteiger partial charge in [0.1, 0.15) is 0 Å². The Morgan fingerprint density at radius 2 is 1.69 bits per heavy atom. The average molecular weight is 283 g/mol. The van der Waals surface area contributed by atoms with E-state index in [0.717, 1.165) is 0 Å². The molecule has 1 unspecified atom stereocenters. The monoisotopic (exact) mass is 282 g/mol. The second-order valence-corrected chi connectivity index (χ2v) is 6.12. The van der Waals surface area contributed by atoms with E-state index >= 15 is 0 Å². The van der Waals surface area contributed by atoms with Gasteiger partial charge in [-0.15, -0.1) is 0 Å². The first-order valence-electron chi connectivity index (χ1n) is 6.36. The highest BCUT2D eigenvalue weighted by Gasteiger charge is 2.04. The summed E-state index contributed by atoms with van der Waals surface area (Å²) in [4.78, 5) is 0.683. The largest absolute Gasteiger partial charge is 0.0891 e. The van der Waals surface area contributed by atoms with Gasteiger partial charge in [0.15, 0.2) is 0 Å². The van der Waals surface area contributed by atoms with E-state index in [1.54, 1.807) is 0 Å². The molecule has 1 aromatic carbocycles. The highest BCUT2D eigenvalue weighted by molar-refractivity contribution is 9.09. The lowest BCUT2D eigenvalue weighted by Gasteiger charge is -2.09. The molecule has 0 radical (unpaired) electrons. The van der Waals surface area contributed by atoms with Crippen LogP contribution in [0.4, 0.5) is 0 Å². The van der Waals surface area contributed by atoms with E-state index in [1.807, 2.05) is 0 Å². The van der Waals surface area contributed by atoms with Crippen molar-refractivity contribution in [2.24, 2.45) is 0 Å². The maximum Gasteiger partial charge on any atom is 0.0148 e. The van der Waals surface area contributed by atoms with Crippen molar-refractivity contribution < 1.29 is 0 Å². The minimum Gasteiger partial charge on any atom is -0.0891 e. The number of benzene rings is 1. The van der Waals surface area contributed by atoms with Crippen LogP contribution in [-0.4, -0.2) is 4.83 Å². The standard InChI is InChI=1S/C15H23Br/c1-4-5-15(16)11-8-13-6-9-14(10-7-13)12(2)3/h6-7,9-10,12,15H,4-5,8,11H2,1-3H3. The summed E-state index contributed by atoms with van der Waals surface area (Å²) >= 11 is 3.73. The summed E-state index contributed by atoms with van der Waals surface area (Å²) in [6, 6.07) is 9.09. The highest BCUT2D eigenvalue weighted by Crippen LogP contribution is 2.18. The molecule has 0 bridgehead atoms. The van der Waals surface area contributed by atoms with Crippen LogP contribution in [0.5, 0.6) is 0 Å². The maximum atomic E-state index is 3.73. The Kier molecular flexibility index (Phi) is 6.12. The van der Waals surface area contributed by atoms with Crippen molar-refractivity contribution in [3.63, 3.8) is 0 Å². The third-order valence-corrected chi connectivity index (χ3v) is 3.91. The van der Waals surface area contributed by atoms with E-state index in [9.17, 15) is 0 Å². The fourth-order valence-corrected chi connectivity index (χ4v) is 2.54. The Morgan fingerprint density at radius 3 is 2.19 bits per heavy atom. The van der Waals surface area contributed by atoms with E-state index in [1.165, 1.54) is 36.8 Å². The van der Waals surface area contributed by atoms with Gasteiger partial charge in [-0.25, -0.2) is 0 Å². The molecule has 0 fully saturated rings. The van der Waals surface area contributed by atoms with Gasteiger partial charge in [0.2, 0.25) is 0 Å². The summed E-state index contributed by atoms with van der Waals surface area (Å²) in [5.74, 6) is 0.637. The molecule has 0 aliphatic heterocycles. The molecule has 0 aliphatic rings. The van der Waals surface area contributed by atoms with E-state index in [0.29, 0.717) is 10.7 Å². The normalized spacial score (nSPS) is 13.1. The zero-order valence-electron chi connectivity index (χ0n) is 10.7. The zero-order valence-corrected chi connectivity index (χ0v) is 12.3. The Labute approximate surface area is 109 Å². The van der Waals surface area contributed by atoms with Crippen molar-refractivity contribution in [1.82, 2.24) is 0 Å². The van der Waals surface area contributed by atoms with Gasteiger partial charge in [0, 0.05) is 4.83 Å². The van der Waals surface area contributed by atoms with Gasteiger partial charge in [0.05, 0.1) is 0 Å². The summed E-state index contributed by atoms with van der Waals surface area (Å²) in [6.45, 7) is 6.72. The average Bonchev–Trinajstić information content (AvgIpc) is 2.27. The van der Waals surface area contributed by atoms with Gasteiger partial charge in [-0.3, -0.25) is 0 Å². The molecule has 0 N–H and O–H groups in total. The molecule has 0 saturated heterocycles. The first kappa shape index (κ1) is 13.8. The first-order valence-corrected chi connectivity index (χ1v) is 7.28. The van der Waals surface area contributed by atoms with Crippen molar-refractivity contribution in [3.05, 3.63) is 35.4 Å². The molecule has 1 aromatic rings. The van der Waals surface area contributed by atoms with Gasteiger partial charge in [0.25, 0.3) is 0 Å². The molecule has 1 atom stereocenters. The molecule has 0 nitrogen and oxygen atoms in total. The fourth-order valence-electron chi connectivity index (χ4n) is 1.85. The molecule has 0 aromatic heterocycles. The van der Waals surface area contributed by atoms with Crippen LogP contribution in [0.15, 0.2) is 24.3 Å². The van der Waals surface area contributed by atoms with Crippen LogP contribution in [0.2, 0.25) is 0 Å². The van der Waals surface area contributed by atoms with Crippen LogP contribution in [0.25, 0.3) is 0 Å². The van der Waals surface area contributed by atoms with Crippen LogP contribution in [-0.2, 0) is 6.42 Å². The minimum absolute atomic E-state index is 0.637. The molecule has 1 rings (SSSR count). The van der Waals surface area contributed by atoms with Crippen LogP contribution >= 0.6 is 15.9 Å². The first-order chi connectivity index (χ1) is 7.63. The molecule has 16 heavy (non-hydrogen) atoms. The van der Waals surface area contributed by atoms with Crippen LogP contribution in [0.1, 0.15) is 57.1 Å². The molecule has 0 saturated carbocycles. The number of aryl methyl sites for hydroxylation is 1. The van der Waals surface area contributed by atoms with Gasteiger partial charge in [-0.2, -0.15) is 0 Å². The number of alkyl halides is 1. The smallest absolute Gasteiger partial charge is 0.0148 e. The Morgan fingerprint density at radius 1 is 1.06 bits per heavy atom. The quantitative estimate of drug-likeness (QED) is 0.621. The van der Waals surface area contributed by atoms with Crippen molar-refractivity contribution >= 4 is 15.9 Å². The molecule has 0 spiro atoms. The van der Waals surface area contributed by atoms with E-state index < -0.39 is 0 Å². The molecule has 90 valence electrons. The molecule has 0 amide bonds. The molecular formula is C15H23Br. The SMILES string of the molecule is CCCC(Br)CCc1ccc(C(C)C)cc1. The van der Waals surface area contributed by atoms with Crippen LogP contribution in [0, 0.1) is 0 Å². The van der Waals surface area contributed by atoms with Crippen molar-refractivity contribution in [2.45, 2.75) is 57.2 Å². The zero-order chi connectivity index (χ0) is 12.0. The molecule has 0 heterocycles. The third-order valence-electron chi connectivity index (χ3n) is 2.99. The van der Waals surface area contributed by atoms with E-state index in [2.05, 4.69) is 61.0 Å². The van der Waals surface area contributed by atoms with Gasteiger partial charge >= 0.3 is 0 Å². The predicted molar refractivity (Wildman–Crippen MR) is 76.5 cm³/mol. The number of halogens is 1. The lowest BCUT2D eigenvalue weighted by atomic mass is 9.99. The second kappa shape index (κ2) is 7.11. The lowest BCUT2D eigenvalue weighted by Crippen LogP contribution is -1.99. The summed E-state index contributed by atoms with van der Waals surface area (Å²) in [5.41, 5.74) is 2.90. The van der Waals surface area contributed by atoms with E-state index in [4.69, 9.17) is 0 Å². The van der Waals surface area contributed by atoms with Gasteiger partial charge < -0.3 is 0 Å². The molecular weight excluding hydrogens is 260 g/mol. The van der Waals surface area contributed by atoms with Crippen LogP contribution in [0.3, 0.4) is 0 Å². The second-order valence-electron chi connectivity index (χ2n) is 4.82. The third kappa shape index (κ3) is 4.69. The predicted octanol–water partition coefficient (Wildman–Crippen LogP) is 5.31. The maximum absolute atomic E-state index is 3.73. The van der Waals surface area contributed by atoms with E-state index in [-0.39, 0.29) is 0 Å². The lowest BCUT2D eigenvalue weighted by molar-refractivity contribution is 0.693. The molecule has 0 aliphatic carbocycles. The Hall–Kier alpha value is -0.300. The molecule has 1 heteroatoms. The Bertz CT molecular complexity index is 287. The number of rotatable bonds is 6. The van der Waals surface area contributed by atoms with Crippen molar-refractivity contribution in [2.75, 3.05) is 0 Å². The number of hydrogen-bond acceptors (Lipinski definition) is 0. The topological polar surface area (TPSA) is 0 Å².